The highest BCUT2D eigenvalue weighted by Crippen LogP contribution is 2.49. The Labute approximate surface area is 413 Å². The smallest absolute Gasteiger partial charge is 0.164 e. The van der Waals surface area contributed by atoms with Gasteiger partial charge in [-0.2, -0.15) is 0 Å². The zero-order valence-electron chi connectivity index (χ0n) is 40.7. The van der Waals surface area contributed by atoms with Crippen molar-refractivity contribution in [2.45, 2.75) is 52.4 Å². The lowest BCUT2D eigenvalue weighted by atomic mass is 9.86. The van der Waals surface area contributed by atoms with Crippen molar-refractivity contribution in [3.8, 4) is 45.5 Å². The molecule has 7 aromatic carbocycles. The molecule has 0 aliphatic heterocycles. The van der Waals surface area contributed by atoms with Crippen molar-refractivity contribution in [2.75, 3.05) is 4.90 Å². The molecule has 0 saturated carbocycles. The molecule has 0 unspecified atom stereocenters. The number of fused-ring (bicyclic) bond motifs is 6. The Bertz CT molecular complexity index is 3580. The van der Waals surface area contributed by atoms with Crippen LogP contribution in [0.25, 0.3) is 89.4 Å². The van der Waals surface area contributed by atoms with Crippen molar-refractivity contribution in [2.24, 2.45) is 0 Å². The summed E-state index contributed by atoms with van der Waals surface area (Å²) in [5.41, 5.74) is 15.6. The predicted molar refractivity (Wildman–Crippen MR) is 292 cm³/mol. The molecule has 8 nitrogen and oxygen atoms in total. The van der Waals surface area contributed by atoms with Crippen LogP contribution in [0.5, 0.6) is 0 Å². The molecule has 12 rings (SSSR count). The second-order valence-corrected chi connectivity index (χ2v) is 20.3. The van der Waals surface area contributed by atoms with Crippen LogP contribution < -0.4 is 4.90 Å². The van der Waals surface area contributed by atoms with Crippen LogP contribution in [-0.4, -0.2) is 34.1 Å². The standard InChI is InChI=1S/C63H52N8/c1-62(2,3)44-29-33-46(34-30-44)69(47-35-31-45(32-36-47)63(4,5)6)58-54(70-50-25-15-13-23-48(50)56-52(70)27-17-37-64-56)39-43(40-55(58)71-51-26-16-14-24-49(51)57-53(71)28-18-38-65-57)61-67-59(41-19-9-7-10-20-41)66-60(68-61)42-21-11-8-12-22-42/h7-40H,1-6H3. The fraction of sp³-hybridized carbons (Fsp3) is 0.127. The molecule has 0 bridgehead atoms. The summed E-state index contributed by atoms with van der Waals surface area (Å²) in [5, 5.41) is 2.10. The topological polar surface area (TPSA) is 77.5 Å². The van der Waals surface area contributed by atoms with E-state index >= 15 is 0 Å². The third-order valence-corrected chi connectivity index (χ3v) is 13.6. The average Bonchev–Trinajstić information content (AvgIpc) is 3.92. The summed E-state index contributed by atoms with van der Waals surface area (Å²) in [6.07, 6.45) is 3.77. The quantitative estimate of drug-likeness (QED) is 0.151. The van der Waals surface area contributed by atoms with Gasteiger partial charge in [-0.3, -0.25) is 9.97 Å². The van der Waals surface area contributed by atoms with Gasteiger partial charge in [-0.25, -0.2) is 15.0 Å². The number of hydrogen-bond donors (Lipinski definition) is 0. The molecule has 12 aromatic rings. The van der Waals surface area contributed by atoms with E-state index in [4.69, 9.17) is 24.9 Å². The molecule has 0 atom stereocenters. The van der Waals surface area contributed by atoms with Crippen molar-refractivity contribution in [1.29, 1.82) is 0 Å². The van der Waals surface area contributed by atoms with Crippen molar-refractivity contribution >= 4 is 60.9 Å². The molecule has 0 fully saturated rings. The van der Waals surface area contributed by atoms with Crippen LogP contribution in [0, 0.1) is 0 Å². The third kappa shape index (κ3) is 7.69. The average molecular weight is 921 g/mol. The highest BCUT2D eigenvalue weighted by molar-refractivity contribution is 6.10. The zero-order valence-corrected chi connectivity index (χ0v) is 40.7. The van der Waals surface area contributed by atoms with E-state index in [-0.39, 0.29) is 10.8 Å². The fourth-order valence-corrected chi connectivity index (χ4v) is 9.96. The summed E-state index contributed by atoms with van der Waals surface area (Å²) >= 11 is 0. The largest absolute Gasteiger partial charge is 0.307 e. The van der Waals surface area contributed by atoms with Crippen molar-refractivity contribution in [3.05, 3.63) is 218 Å². The van der Waals surface area contributed by atoms with Crippen LogP contribution >= 0.6 is 0 Å². The Kier molecular flexibility index (Phi) is 10.4. The first kappa shape index (κ1) is 43.5. The summed E-state index contributed by atoms with van der Waals surface area (Å²) in [4.78, 5) is 28.4. The zero-order chi connectivity index (χ0) is 48.4. The molecule has 0 amide bonds. The summed E-state index contributed by atoms with van der Waals surface area (Å²) in [7, 11) is 0. The van der Waals surface area contributed by atoms with Gasteiger partial charge in [0.15, 0.2) is 17.5 Å². The Balaban J connectivity index is 1.28. The minimum Gasteiger partial charge on any atom is -0.307 e. The minimum absolute atomic E-state index is 0.0522. The number of hydrogen-bond acceptors (Lipinski definition) is 6. The Hall–Kier alpha value is -8.75. The molecular formula is C63H52N8. The lowest BCUT2D eigenvalue weighted by Gasteiger charge is -2.32. The maximum absolute atomic E-state index is 5.37. The van der Waals surface area contributed by atoms with Gasteiger partial charge in [0, 0.05) is 51.2 Å². The molecule has 344 valence electrons. The number of benzene rings is 7. The van der Waals surface area contributed by atoms with Crippen LogP contribution in [0.1, 0.15) is 52.7 Å². The monoisotopic (exact) mass is 920 g/mol. The van der Waals surface area contributed by atoms with Crippen LogP contribution in [0.2, 0.25) is 0 Å². The molecular weight excluding hydrogens is 869 g/mol. The lowest BCUT2D eigenvalue weighted by molar-refractivity contribution is 0.590. The molecule has 5 aromatic heterocycles. The predicted octanol–water partition coefficient (Wildman–Crippen LogP) is 15.9. The Morgan fingerprint density at radius 2 is 0.732 bits per heavy atom. The first-order valence-corrected chi connectivity index (χ1v) is 24.3. The van der Waals surface area contributed by atoms with E-state index in [2.05, 4.69) is 201 Å². The molecule has 0 spiro atoms. The maximum Gasteiger partial charge on any atom is 0.164 e. The number of para-hydroxylation sites is 2. The van der Waals surface area contributed by atoms with E-state index < -0.39 is 0 Å². The number of nitrogens with zero attached hydrogens (tertiary/aromatic N) is 8. The normalized spacial score (nSPS) is 12.1. The van der Waals surface area contributed by atoms with E-state index in [0.717, 1.165) is 89.0 Å². The van der Waals surface area contributed by atoms with Gasteiger partial charge in [0.1, 0.15) is 0 Å². The van der Waals surface area contributed by atoms with E-state index in [1.54, 1.807) is 0 Å². The van der Waals surface area contributed by atoms with E-state index in [9.17, 15) is 0 Å². The highest BCUT2D eigenvalue weighted by atomic mass is 15.2. The van der Waals surface area contributed by atoms with Gasteiger partial charge < -0.3 is 14.0 Å². The maximum atomic E-state index is 5.37. The highest BCUT2D eigenvalue weighted by Gasteiger charge is 2.30. The van der Waals surface area contributed by atoms with Crippen LogP contribution in [-0.2, 0) is 10.8 Å². The van der Waals surface area contributed by atoms with E-state index in [0.29, 0.717) is 17.5 Å². The molecule has 5 heterocycles. The Morgan fingerprint density at radius 3 is 1.14 bits per heavy atom. The van der Waals surface area contributed by atoms with E-state index in [1.165, 1.54) is 11.1 Å². The van der Waals surface area contributed by atoms with Crippen molar-refractivity contribution in [1.82, 2.24) is 34.1 Å². The molecule has 0 radical (unpaired) electrons. The summed E-state index contributed by atoms with van der Waals surface area (Å²) in [6.45, 7) is 13.6. The molecule has 0 N–H and O–H groups in total. The number of pyridine rings is 2. The van der Waals surface area contributed by atoms with Gasteiger partial charge >= 0.3 is 0 Å². The van der Waals surface area contributed by atoms with Crippen LogP contribution in [0.4, 0.5) is 17.1 Å². The van der Waals surface area contributed by atoms with Gasteiger partial charge in [-0.1, -0.05) is 163 Å². The van der Waals surface area contributed by atoms with E-state index in [1.807, 2.05) is 60.9 Å². The third-order valence-electron chi connectivity index (χ3n) is 13.6. The number of rotatable bonds is 8. The van der Waals surface area contributed by atoms with Gasteiger partial charge in [0.2, 0.25) is 0 Å². The summed E-state index contributed by atoms with van der Waals surface area (Å²) < 4.78 is 4.76. The second-order valence-electron chi connectivity index (χ2n) is 20.3. The summed E-state index contributed by atoms with van der Waals surface area (Å²) in [6, 6.07) is 68.6. The van der Waals surface area contributed by atoms with Crippen molar-refractivity contribution in [3.63, 3.8) is 0 Å². The molecule has 0 saturated heterocycles. The SMILES string of the molecule is CC(C)(C)c1ccc(N(c2ccc(C(C)(C)C)cc2)c2c(-n3c4ccccc4c4ncccc43)cc(-c3nc(-c4ccccc4)nc(-c4ccccc4)n3)cc2-n2c3ccccc3c3ncccc32)cc1. The summed E-state index contributed by atoms with van der Waals surface area (Å²) in [5.74, 6) is 1.71. The van der Waals surface area contributed by atoms with Gasteiger partial charge in [0.25, 0.3) is 0 Å². The van der Waals surface area contributed by atoms with Gasteiger partial charge in [-0.05, 0) is 94.8 Å². The van der Waals surface area contributed by atoms with Crippen molar-refractivity contribution < 1.29 is 0 Å². The Morgan fingerprint density at radius 1 is 0.366 bits per heavy atom. The molecule has 0 aliphatic rings. The van der Waals surface area contributed by atoms with Gasteiger partial charge in [-0.15, -0.1) is 0 Å². The minimum atomic E-state index is -0.0522. The molecule has 8 heteroatoms. The number of anilines is 3. The lowest BCUT2D eigenvalue weighted by Crippen LogP contribution is -2.18. The first-order chi connectivity index (χ1) is 34.5. The second kappa shape index (κ2) is 17.0. The first-order valence-electron chi connectivity index (χ1n) is 24.3. The number of aromatic nitrogens is 7. The fourth-order valence-electron chi connectivity index (χ4n) is 9.96. The molecule has 0 aliphatic carbocycles. The molecule has 71 heavy (non-hydrogen) atoms. The van der Waals surface area contributed by atoms with Crippen LogP contribution in [0.15, 0.2) is 207 Å². The van der Waals surface area contributed by atoms with Gasteiger partial charge in [0.05, 0.1) is 50.2 Å². The van der Waals surface area contributed by atoms with Crippen LogP contribution in [0.3, 0.4) is 0 Å².